The predicted molar refractivity (Wildman–Crippen MR) is 67.4 cm³/mol. The predicted octanol–water partition coefficient (Wildman–Crippen LogP) is 2.17. The van der Waals surface area contributed by atoms with Gasteiger partial charge in [-0.05, 0) is 36.5 Å². The summed E-state index contributed by atoms with van der Waals surface area (Å²) in [7, 11) is 2.13. The van der Waals surface area contributed by atoms with Crippen LogP contribution in [0.15, 0.2) is 18.3 Å². The fourth-order valence-electron chi connectivity index (χ4n) is 2.47. The minimum atomic E-state index is 0.590. The fourth-order valence-corrected chi connectivity index (χ4v) is 2.47. The van der Waals surface area contributed by atoms with Crippen molar-refractivity contribution >= 4 is 5.82 Å². The molecule has 0 bridgehead atoms. The van der Waals surface area contributed by atoms with Crippen LogP contribution in [0.1, 0.15) is 31.2 Å². The molecule has 0 aromatic carbocycles. The van der Waals surface area contributed by atoms with Crippen molar-refractivity contribution in [2.75, 3.05) is 18.5 Å². The van der Waals surface area contributed by atoms with Gasteiger partial charge in [-0.25, -0.2) is 4.98 Å². The van der Waals surface area contributed by atoms with Crippen molar-refractivity contribution < 1.29 is 0 Å². The number of anilines is 1. The van der Waals surface area contributed by atoms with Crippen molar-refractivity contribution in [3.63, 3.8) is 0 Å². The molecule has 0 saturated heterocycles. The van der Waals surface area contributed by atoms with Crippen LogP contribution in [-0.2, 0) is 6.54 Å². The van der Waals surface area contributed by atoms with Crippen molar-refractivity contribution in [2.24, 2.45) is 11.7 Å². The van der Waals surface area contributed by atoms with Crippen LogP contribution >= 0.6 is 0 Å². The first-order chi connectivity index (χ1) is 7.79. The first kappa shape index (κ1) is 11.4. The van der Waals surface area contributed by atoms with Gasteiger partial charge in [0.15, 0.2) is 0 Å². The van der Waals surface area contributed by atoms with Gasteiger partial charge in [-0.2, -0.15) is 0 Å². The van der Waals surface area contributed by atoms with E-state index in [0.29, 0.717) is 6.54 Å². The van der Waals surface area contributed by atoms with E-state index in [2.05, 4.69) is 23.0 Å². The zero-order chi connectivity index (χ0) is 11.4. The molecule has 1 aliphatic rings. The summed E-state index contributed by atoms with van der Waals surface area (Å²) in [5.74, 6) is 1.91. The van der Waals surface area contributed by atoms with Gasteiger partial charge < -0.3 is 10.6 Å². The molecule has 0 aliphatic heterocycles. The molecule has 0 unspecified atom stereocenters. The van der Waals surface area contributed by atoms with Gasteiger partial charge >= 0.3 is 0 Å². The number of nitrogens with zero attached hydrogens (tertiary/aromatic N) is 2. The Hall–Kier alpha value is -1.09. The van der Waals surface area contributed by atoms with Crippen molar-refractivity contribution in [1.82, 2.24) is 4.98 Å². The molecule has 1 fully saturated rings. The van der Waals surface area contributed by atoms with Crippen molar-refractivity contribution in [1.29, 1.82) is 0 Å². The lowest BCUT2D eigenvalue weighted by Gasteiger charge is -2.22. The second kappa shape index (κ2) is 5.30. The molecule has 16 heavy (non-hydrogen) atoms. The lowest BCUT2D eigenvalue weighted by atomic mass is 10.1. The second-order valence-electron chi connectivity index (χ2n) is 4.76. The highest BCUT2D eigenvalue weighted by atomic mass is 15.2. The standard InChI is InChI=1S/C13H21N3/c1-16(10-11-4-2-3-5-11)13-8-12(9-14)6-7-15-13/h6-8,11H,2-5,9-10,14H2,1H3. The smallest absolute Gasteiger partial charge is 0.128 e. The minimum absolute atomic E-state index is 0.590. The zero-order valence-corrected chi connectivity index (χ0v) is 10.0. The number of hydrogen-bond donors (Lipinski definition) is 1. The number of aromatic nitrogens is 1. The van der Waals surface area contributed by atoms with Crippen molar-refractivity contribution in [3.8, 4) is 0 Å². The summed E-state index contributed by atoms with van der Waals surface area (Å²) >= 11 is 0. The quantitative estimate of drug-likeness (QED) is 0.844. The van der Waals surface area contributed by atoms with E-state index in [9.17, 15) is 0 Å². The lowest BCUT2D eigenvalue weighted by molar-refractivity contribution is 0.545. The molecule has 1 saturated carbocycles. The molecule has 0 radical (unpaired) electrons. The van der Waals surface area contributed by atoms with E-state index >= 15 is 0 Å². The molecule has 1 aromatic heterocycles. The van der Waals surface area contributed by atoms with Gasteiger partial charge in [-0.15, -0.1) is 0 Å². The molecule has 1 aliphatic carbocycles. The third-order valence-corrected chi connectivity index (χ3v) is 3.44. The summed E-state index contributed by atoms with van der Waals surface area (Å²) < 4.78 is 0. The third-order valence-electron chi connectivity index (χ3n) is 3.44. The number of nitrogens with two attached hydrogens (primary N) is 1. The molecule has 3 heteroatoms. The number of rotatable bonds is 4. The minimum Gasteiger partial charge on any atom is -0.359 e. The maximum atomic E-state index is 5.64. The Morgan fingerprint density at radius 3 is 2.88 bits per heavy atom. The lowest BCUT2D eigenvalue weighted by Crippen LogP contribution is -2.25. The summed E-state index contributed by atoms with van der Waals surface area (Å²) in [6.07, 6.45) is 7.40. The maximum Gasteiger partial charge on any atom is 0.128 e. The van der Waals surface area contributed by atoms with Crippen LogP contribution in [0.5, 0.6) is 0 Å². The van der Waals surface area contributed by atoms with Crippen molar-refractivity contribution in [2.45, 2.75) is 32.2 Å². The Labute approximate surface area is 97.7 Å². The average molecular weight is 219 g/mol. The fraction of sp³-hybridized carbons (Fsp3) is 0.615. The van der Waals surface area contributed by atoms with Crippen LogP contribution in [0.3, 0.4) is 0 Å². The Balaban J connectivity index is 1.98. The summed E-state index contributed by atoms with van der Waals surface area (Å²) in [5, 5.41) is 0. The Morgan fingerprint density at radius 1 is 1.44 bits per heavy atom. The largest absolute Gasteiger partial charge is 0.359 e. The highest BCUT2D eigenvalue weighted by Crippen LogP contribution is 2.26. The highest BCUT2D eigenvalue weighted by molar-refractivity contribution is 5.40. The van der Waals surface area contributed by atoms with E-state index in [0.717, 1.165) is 23.8 Å². The van der Waals surface area contributed by atoms with Crippen LogP contribution < -0.4 is 10.6 Å². The van der Waals surface area contributed by atoms with Crippen molar-refractivity contribution in [3.05, 3.63) is 23.9 Å². The normalized spacial score (nSPS) is 16.6. The molecule has 0 amide bonds. The maximum absolute atomic E-state index is 5.64. The molecule has 88 valence electrons. The van der Waals surface area contributed by atoms with Crippen LogP contribution in [0, 0.1) is 5.92 Å². The van der Waals surface area contributed by atoms with E-state index in [1.54, 1.807) is 0 Å². The van der Waals surface area contributed by atoms with Gasteiger partial charge in [0.1, 0.15) is 5.82 Å². The summed E-state index contributed by atoms with van der Waals surface area (Å²) in [4.78, 5) is 6.66. The molecule has 2 N–H and O–H groups in total. The van der Waals surface area contributed by atoms with E-state index in [1.807, 2.05) is 12.3 Å². The molecular formula is C13H21N3. The van der Waals surface area contributed by atoms with Crippen LogP contribution in [-0.4, -0.2) is 18.6 Å². The Kier molecular flexibility index (Phi) is 3.78. The summed E-state index contributed by atoms with van der Waals surface area (Å²) in [6.45, 7) is 1.72. The molecule has 1 heterocycles. The monoisotopic (exact) mass is 219 g/mol. The number of pyridine rings is 1. The van der Waals surface area contributed by atoms with Gasteiger partial charge in [0.2, 0.25) is 0 Å². The van der Waals surface area contributed by atoms with Crippen LogP contribution in [0.4, 0.5) is 5.82 Å². The molecule has 0 spiro atoms. The van der Waals surface area contributed by atoms with E-state index in [4.69, 9.17) is 5.73 Å². The molecule has 0 atom stereocenters. The van der Waals surface area contributed by atoms with Gasteiger partial charge in [0.05, 0.1) is 0 Å². The zero-order valence-electron chi connectivity index (χ0n) is 10.0. The van der Waals surface area contributed by atoms with Gasteiger partial charge in [-0.1, -0.05) is 12.8 Å². The first-order valence-electron chi connectivity index (χ1n) is 6.15. The molecule has 3 nitrogen and oxygen atoms in total. The molecular weight excluding hydrogens is 198 g/mol. The average Bonchev–Trinajstić information content (AvgIpc) is 2.82. The highest BCUT2D eigenvalue weighted by Gasteiger charge is 2.17. The van der Waals surface area contributed by atoms with Gasteiger partial charge in [0, 0.05) is 26.3 Å². The van der Waals surface area contributed by atoms with E-state index < -0.39 is 0 Å². The summed E-state index contributed by atoms with van der Waals surface area (Å²) in [5.41, 5.74) is 6.79. The Bertz CT molecular complexity index is 332. The van der Waals surface area contributed by atoms with Crippen LogP contribution in [0.2, 0.25) is 0 Å². The Morgan fingerprint density at radius 2 is 2.19 bits per heavy atom. The third kappa shape index (κ3) is 2.73. The van der Waals surface area contributed by atoms with Gasteiger partial charge in [0.25, 0.3) is 0 Å². The summed E-state index contributed by atoms with van der Waals surface area (Å²) in [6, 6.07) is 4.07. The first-order valence-corrected chi connectivity index (χ1v) is 6.15. The van der Waals surface area contributed by atoms with Crippen LogP contribution in [0.25, 0.3) is 0 Å². The van der Waals surface area contributed by atoms with Gasteiger partial charge in [-0.3, -0.25) is 0 Å². The van der Waals surface area contributed by atoms with E-state index in [-0.39, 0.29) is 0 Å². The molecule has 2 rings (SSSR count). The topological polar surface area (TPSA) is 42.1 Å². The van der Waals surface area contributed by atoms with E-state index in [1.165, 1.54) is 25.7 Å². The SMILES string of the molecule is CN(CC1CCCC1)c1cc(CN)ccn1. The number of hydrogen-bond acceptors (Lipinski definition) is 3. The second-order valence-corrected chi connectivity index (χ2v) is 4.76. The molecule has 1 aromatic rings.